The van der Waals surface area contributed by atoms with Crippen LogP contribution >= 0.6 is 0 Å². The van der Waals surface area contributed by atoms with E-state index in [4.69, 9.17) is 0 Å². The van der Waals surface area contributed by atoms with E-state index in [1.54, 1.807) is 13.8 Å². The van der Waals surface area contributed by atoms with Gasteiger partial charge in [-0.2, -0.15) is 0 Å². The van der Waals surface area contributed by atoms with Gasteiger partial charge in [0.05, 0.1) is 12.2 Å². The molecule has 4 heteroatoms. The Morgan fingerprint density at radius 1 is 1.12 bits per heavy atom. The number of halogens is 2. The summed E-state index contributed by atoms with van der Waals surface area (Å²) in [4.78, 5) is 0. The van der Waals surface area contributed by atoms with Gasteiger partial charge >= 0.3 is 0 Å². The van der Waals surface area contributed by atoms with Gasteiger partial charge in [0.15, 0.2) is 0 Å². The van der Waals surface area contributed by atoms with E-state index in [-0.39, 0.29) is 12.0 Å². The molecule has 1 aromatic rings. The summed E-state index contributed by atoms with van der Waals surface area (Å²) < 4.78 is 26.9. The van der Waals surface area contributed by atoms with E-state index in [9.17, 15) is 19.0 Å². The standard InChI is InChI=1S/C13H18F2O2/c1-3-11(16)12(17)7-8(2)13-9(14)5-4-6-10(13)15/h4-6,8,11-12,16-17H,3,7H2,1-2H3. The zero-order valence-electron chi connectivity index (χ0n) is 10.0. The monoisotopic (exact) mass is 244 g/mol. The predicted octanol–water partition coefficient (Wildman–Crippen LogP) is 2.59. The third-order valence-corrected chi connectivity index (χ3v) is 2.95. The van der Waals surface area contributed by atoms with E-state index < -0.39 is 29.8 Å². The fourth-order valence-electron chi connectivity index (χ4n) is 1.89. The molecule has 0 heterocycles. The van der Waals surface area contributed by atoms with E-state index >= 15 is 0 Å². The van der Waals surface area contributed by atoms with Gasteiger partial charge in [0.2, 0.25) is 0 Å². The molecule has 1 rings (SSSR count). The maximum atomic E-state index is 13.5. The predicted molar refractivity (Wildman–Crippen MR) is 61.7 cm³/mol. The molecule has 0 aliphatic carbocycles. The second kappa shape index (κ2) is 6.07. The van der Waals surface area contributed by atoms with Crippen molar-refractivity contribution in [3.63, 3.8) is 0 Å². The molecule has 0 fully saturated rings. The Labute approximate surface area is 99.9 Å². The van der Waals surface area contributed by atoms with Crippen LogP contribution in [0.2, 0.25) is 0 Å². The van der Waals surface area contributed by atoms with Gasteiger partial charge < -0.3 is 10.2 Å². The molecule has 0 spiro atoms. The number of aliphatic hydroxyl groups is 2. The second-order valence-electron chi connectivity index (χ2n) is 4.32. The summed E-state index contributed by atoms with van der Waals surface area (Å²) in [5.41, 5.74) is -0.0325. The first kappa shape index (κ1) is 14.1. The Balaban J connectivity index is 2.79. The largest absolute Gasteiger partial charge is 0.390 e. The lowest BCUT2D eigenvalue weighted by Gasteiger charge is -2.21. The maximum Gasteiger partial charge on any atom is 0.129 e. The first-order valence-corrected chi connectivity index (χ1v) is 5.77. The van der Waals surface area contributed by atoms with Crippen molar-refractivity contribution in [2.45, 2.75) is 44.8 Å². The molecule has 2 nitrogen and oxygen atoms in total. The van der Waals surface area contributed by atoms with Crippen LogP contribution in [0.3, 0.4) is 0 Å². The Morgan fingerprint density at radius 2 is 1.65 bits per heavy atom. The average Bonchev–Trinajstić information content (AvgIpc) is 2.27. The van der Waals surface area contributed by atoms with Crippen molar-refractivity contribution in [3.05, 3.63) is 35.4 Å². The number of hydrogen-bond acceptors (Lipinski definition) is 2. The topological polar surface area (TPSA) is 40.5 Å². The molecule has 0 amide bonds. The summed E-state index contributed by atoms with van der Waals surface area (Å²) in [7, 11) is 0. The highest BCUT2D eigenvalue weighted by Gasteiger charge is 2.22. The van der Waals surface area contributed by atoms with Crippen LogP contribution in [0.25, 0.3) is 0 Å². The molecule has 0 aromatic heterocycles. The average molecular weight is 244 g/mol. The van der Waals surface area contributed by atoms with Gasteiger partial charge in [-0.25, -0.2) is 8.78 Å². The third-order valence-electron chi connectivity index (χ3n) is 2.95. The third kappa shape index (κ3) is 3.48. The zero-order chi connectivity index (χ0) is 13.0. The summed E-state index contributed by atoms with van der Waals surface area (Å²) in [5.74, 6) is -1.71. The lowest BCUT2D eigenvalue weighted by molar-refractivity contribution is 0.00921. The summed E-state index contributed by atoms with van der Waals surface area (Å²) >= 11 is 0. The molecule has 0 aliphatic rings. The quantitative estimate of drug-likeness (QED) is 0.835. The van der Waals surface area contributed by atoms with Crippen molar-refractivity contribution in [2.75, 3.05) is 0 Å². The Kier molecular flexibility index (Phi) is 5.02. The molecule has 3 unspecified atom stereocenters. The molecule has 0 aliphatic heterocycles. The van der Waals surface area contributed by atoms with Gasteiger partial charge in [0.25, 0.3) is 0 Å². The van der Waals surface area contributed by atoms with Crippen LogP contribution in [-0.4, -0.2) is 22.4 Å². The van der Waals surface area contributed by atoms with Crippen molar-refractivity contribution in [3.8, 4) is 0 Å². The van der Waals surface area contributed by atoms with Crippen molar-refractivity contribution >= 4 is 0 Å². The fourth-order valence-corrected chi connectivity index (χ4v) is 1.89. The molecular weight excluding hydrogens is 226 g/mol. The summed E-state index contributed by atoms with van der Waals surface area (Å²) in [5, 5.41) is 19.1. The number of hydrogen-bond donors (Lipinski definition) is 2. The van der Waals surface area contributed by atoms with Crippen LogP contribution in [0.5, 0.6) is 0 Å². The Bertz CT molecular complexity index is 348. The molecule has 3 atom stereocenters. The molecule has 0 saturated carbocycles. The molecule has 2 N–H and O–H groups in total. The highest BCUT2D eigenvalue weighted by atomic mass is 19.1. The van der Waals surface area contributed by atoms with Crippen molar-refractivity contribution in [2.24, 2.45) is 0 Å². The first-order chi connectivity index (χ1) is 7.97. The van der Waals surface area contributed by atoms with Gasteiger partial charge in [-0.3, -0.25) is 0 Å². The van der Waals surface area contributed by atoms with Crippen LogP contribution in [0.15, 0.2) is 18.2 Å². The van der Waals surface area contributed by atoms with E-state index in [1.807, 2.05) is 0 Å². The first-order valence-electron chi connectivity index (χ1n) is 5.77. The van der Waals surface area contributed by atoms with E-state index in [2.05, 4.69) is 0 Å². The molecule has 17 heavy (non-hydrogen) atoms. The minimum atomic E-state index is -0.964. The van der Waals surface area contributed by atoms with E-state index in [1.165, 1.54) is 18.2 Å². The highest BCUT2D eigenvalue weighted by molar-refractivity contribution is 5.23. The summed E-state index contributed by atoms with van der Waals surface area (Å²) in [6, 6.07) is 3.69. The second-order valence-corrected chi connectivity index (χ2v) is 4.32. The summed E-state index contributed by atoms with van der Waals surface area (Å²) in [6.45, 7) is 3.37. The van der Waals surface area contributed by atoms with Gasteiger partial charge in [0, 0.05) is 5.56 Å². The van der Waals surface area contributed by atoms with Crippen molar-refractivity contribution < 1.29 is 19.0 Å². The molecule has 0 radical (unpaired) electrons. The Hall–Kier alpha value is -1.00. The minimum Gasteiger partial charge on any atom is -0.390 e. The lowest BCUT2D eigenvalue weighted by atomic mass is 9.92. The van der Waals surface area contributed by atoms with Crippen LogP contribution in [0.1, 0.15) is 38.2 Å². The molecule has 0 bridgehead atoms. The zero-order valence-corrected chi connectivity index (χ0v) is 10.0. The number of benzene rings is 1. The highest BCUT2D eigenvalue weighted by Crippen LogP contribution is 2.27. The molecular formula is C13H18F2O2. The van der Waals surface area contributed by atoms with Gasteiger partial charge in [0.1, 0.15) is 11.6 Å². The SMILES string of the molecule is CCC(O)C(O)CC(C)c1c(F)cccc1F. The van der Waals surface area contributed by atoms with E-state index in [0.29, 0.717) is 6.42 Å². The molecule has 96 valence electrons. The minimum absolute atomic E-state index is 0.0325. The number of aliphatic hydroxyl groups excluding tert-OH is 2. The van der Waals surface area contributed by atoms with Gasteiger partial charge in [-0.15, -0.1) is 0 Å². The lowest BCUT2D eigenvalue weighted by Crippen LogP contribution is -2.26. The number of rotatable bonds is 5. The van der Waals surface area contributed by atoms with Crippen LogP contribution in [-0.2, 0) is 0 Å². The van der Waals surface area contributed by atoms with Crippen LogP contribution in [0.4, 0.5) is 8.78 Å². The van der Waals surface area contributed by atoms with Crippen LogP contribution < -0.4 is 0 Å². The maximum absolute atomic E-state index is 13.5. The van der Waals surface area contributed by atoms with Gasteiger partial charge in [-0.1, -0.05) is 19.9 Å². The van der Waals surface area contributed by atoms with Crippen molar-refractivity contribution in [1.29, 1.82) is 0 Å². The fraction of sp³-hybridized carbons (Fsp3) is 0.538. The van der Waals surface area contributed by atoms with E-state index in [0.717, 1.165) is 0 Å². The van der Waals surface area contributed by atoms with Crippen LogP contribution in [0, 0.1) is 11.6 Å². The van der Waals surface area contributed by atoms with Gasteiger partial charge in [-0.05, 0) is 30.9 Å². The molecule has 1 aromatic carbocycles. The summed E-state index contributed by atoms with van der Waals surface area (Å²) in [6.07, 6.45) is -1.28. The molecule has 0 saturated heterocycles. The Morgan fingerprint density at radius 3 is 2.12 bits per heavy atom. The normalized spacial score (nSPS) is 16.6. The smallest absolute Gasteiger partial charge is 0.129 e. The van der Waals surface area contributed by atoms with Crippen molar-refractivity contribution in [1.82, 2.24) is 0 Å².